The second-order valence-corrected chi connectivity index (χ2v) is 7.55. The molecule has 0 radical (unpaired) electrons. The summed E-state index contributed by atoms with van der Waals surface area (Å²) in [6, 6.07) is 20.9. The van der Waals surface area contributed by atoms with E-state index < -0.39 is 0 Å². The number of benzene rings is 3. The monoisotopic (exact) mass is 456 g/mol. The number of phenols is 1. The van der Waals surface area contributed by atoms with Crippen LogP contribution < -0.4 is 10.2 Å². The number of carbonyl (C=O) groups excluding carboxylic acids is 1. The summed E-state index contributed by atoms with van der Waals surface area (Å²) in [6.45, 7) is 2.16. The molecule has 164 valence electrons. The van der Waals surface area contributed by atoms with Crippen molar-refractivity contribution in [3.05, 3.63) is 84.2 Å². The molecule has 0 atom stereocenters. The van der Waals surface area contributed by atoms with Gasteiger partial charge < -0.3 is 10.4 Å². The van der Waals surface area contributed by atoms with E-state index in [4.69, 9.17) is 11.6 Å². The number of carbonyl (C=O) groups is 1. The highest BCUT2D eigenvalue weighted by Crippen LogP contribution is 2.39. The van der Waals surface area contributed by atoms with Gasteiger partial charge in [0.15, 0.2) is 0 Å². The molecule has 33 heavy (non-hydrogen) atoms. The van der Waals surface area contributed by atoms with E-state index in [1.54, 1.807) is 12.1 Å². The van der Waals surface area contributed by atoms with E-state index in [1.807, 2.05) is 66.4 Å². The highest BCUT2D eigenvalue weighted by Gasteiger charge is 2.19. The molecule has 0 bridgehead atoms. The average Bonchev–Trinajstić information content (AvgIpc) is 2.84. The lowest BCUT2D eigenvalue weighted by molar-refractivity contribution is -0.118. The Morgan fingerprint density at radius 2 is 1.91 bits per heavy atom. The van der Waals surface area contributed by atoms with Crippen LogP contribution in [0.2, 0.25) is 0 Å². The Balaban J connectivity index is 1.82. The molecule has 0 fully saturated rings. The fourth-order valence-corrected chi connectivity index (χ4v) is 3.57. The van der Waals surface area contributed by atoms with Gasteiger partial charge in [0.05, 0.1) is 17.7 Å². The molecular weight excluding hydrogens is 436 g/mol. The van der Waals surface area contributed by atoms with Crippen molar-refractivity contribution in [2.45, 2.75) is 6.92 Å². The molecule has 0 unspecified atom stereocenters. The second kappa shape index (κ2) is 10.0. The van der Waals surface area contributed by atoms with E-state index in [1.165, 1.54) is 6.33 Å². The van der Waals surface area contributed by atoms with Gasteiger partial charge >= 0.3 is 0 Å². The summed E-state index contributed by atoms with van der Waals surface area (Å²) in [6.07, 6.45) is 1.54. The van der Waals surface area contributed by atoms with Gasteiger partial charge in [0, 0.05) is 16.6 Å². The van der Waals surface area contributed by atoms with Gasteiger partial charge in [-0.3, -0.25) is 9.69 Å². The molecule has 1 heterocycles. The Hall–Kier alpha value is -4.08. The topological polar surface area (TPSA) is 78.3 Å². The van der Waals surface area contributed by atoms with Crippen LogP contribution in [0.3, 0.4) is 0 Å². The number of hydrogen-bond donors (Lipinski definition) is 2. The number of rotatable bonds is 5. The van der Waals surface area contributed by atoms with Crippen LogP contribution in [0.15, 0.2) is 73.1 Å². The number of fused-ring (bicyclic) bond motifs is 1. The highest BCUT2D eigenvalue weighted by atomic mass is 35.5. The first kappa shape index (κ1) is 22.1. The zero-order valence-corrected chi connectivity index (χ0v) is 18.7. The third kappa shape index (κ3) is 5.05. The normalized spacial score (nSPS) is 10.4. The summed E-state index contributed by atoms with van der Waals surface area (Å²) < 4.78 is 0. The molecule has 1 amide bonds. The van der Waals surface area contributed by atoms with E-state index in [0.717, 1.165) is 33.4 Å². The molecule has 3 aromatic carbocycles. The first-order valence-electron chi connectivity index (χ1n) is 10.3. The first-order chi connectivity index (χ1) is 16.1. The Labute approximate surface area is 196 Å². The number of nitrogens with zero attached hydrogens (tertiary/aromatic N) is 3. The van der Waals surface area contributed by atoms with Crippen molar-refractivity contribution in [2.75, 3.05) is 17.3 Å². The third-order valence-corrected chi connectivity index (χ3v) is 5.23. The number of aromatic nitrogens is 2. The maximum absolute atomic E-state index is 11.3. The Morgan fingerprint density at radius 1 is 1.09 bits per heavy atom. The largest absolute Gasteiger partial charge is 0.508 e. The van der Waals surface area contributed by atoms with Gasteiger partial charge in [0.25, 0.3) is 0 Å². The van der Waals surface area contributed by atoms with Crippen molar-refractivity contribution in [1.82, 2.24) is 15.3 Å². The number of aromatic hydroxyl groups is 1. The number of anilines is 3. The molecular formula is C26H21ClN4O2. The standard InChI is InChI=1S/C26H21ClN4O2/c1-18-14-21(32)10-12-24(18)31(20-7-3-2-4-8-20)26-22-15-19(6-5-13-28-25(33)16-27)9-11-23(22)29-17-30-26/h2-4,7-12,14-15,17,32H,13,16H2,1H3,(H,28,33). The van der Waals surface area contributed by atoms with Crippen molar-refractivity contribution in [1.29, 1.82) is 0 Å². The molecule has 0 saturated heterocycles. The number of alkyl halides is 1. The summed E-state index contributed by atoms with van der Waals surface area (Å²) in [5.41, 5.74) is 4.26. The molecule has 0 aliphatic carbocycles. The van der Waals surface area contributed by atoms with Gasteiger partial charge in [-0.2, -0.15) is 0 Å². The van der Waals surface area contributed by atoms with Crippen LogP contribution in [0.25, 0.3) is 10.9 Å². The number of nitrogens with one attached hydrogen (secondary N) is 1. The van der Waals surface area contributed by atoms with E-state index >= 15 is 0 Å². The van der Waals surface area contributed by atoms with E-state index in [2.05, 4.69) is 27.1 Å². The van der Waals surface area contributed by atoms with Crippen molar-refractivity contribution in [2.24, 2.45) is 0 Å². The molecule has 0 saturated carbocycles. The lowest BCUT2D eigenvalue weighted by atomic mass is 10.1. The Bertz CT molecular complexity index is 1360. The molecule has 0 aliphatic rings. The predicted molar refractivity (Wildman–Crippen MR) is 131 cm³/mol. The van der Waals surface area contributed by atoms with Gasteiger partial charge in [-0.15, -0.1) is 11.6 Å². The molecule has 2 N–H and O–H groups in total. The maximum Gasteiger partial charge on any atom is 0.235 e. The summed E-state index contributed by atoms with van der Waals surface area (Å²) in [5.74, 6) is 6.55. The molecule has 4 rings (SSSR count). The fraction of sp³-hybridized carbons (Fsp3) is 0.115. The second-order valence-electron chi connectivity index (χ2n) is 7.28. The van der Waals surface area contributed by atoms with Gasteiger partial charge in [-0.1, -0.05) is 30.0 Å². The van der Waals surface area contributed by atoms with Gasteiger partial charge in [-0.25, -0.2) is 9.97 Å². The molecule has 0 spiro atoms. The Morgan fingerprint density at radius 3 is 2.67 bits per heavy atom. The van der Waals surface area contributed by atoms with Crippen molar-refractivity contribution in [3.8, 4) is 17.6 Å². The number of hydrogen-bond acceptors (Lipinski definition) is 5. The minimum absolute atomic E-state index is 0.0929. The number of phenolic OH excluding ortho intramolecular Hbond substituents is 1. The molecule has 1 aromatic heterocycles. The van der Waals surface area contributed by atoms with Crippen molar-refractivity contribution >= 4 is 45.6 Å². The fourth-order valence-electron chi connectivity index (χ4n) is 3.48. The highest BCUT2D eigenvalue weighted by molar-refractivity contribution is 6.27. The van der Waals surface area contributed by atoms with E-state index in [9.17, 15) is 9.90 Å². The number of amides is 1. The van der Waals surface area contributed by atoms with Gasteiger partial charge in [0.1, 0.15) is 23.8 Å². The molecule has 6 nitrogen and oxygen atoms in total. The summed E-state index contributed by atoms with van der Waals surface area (Å²) in [4.78, 5) is 22.4. The quantitative estimate of drug-likeness (QED) is 0.332. The predicted octanol–water partition coefficient (Wildman–Crippen LogP) is 4.82. The van der Waals surface area contributed by atoms with Crippen LogP contribution in [0.1, 0.15) is 11.1 Å². The van der Waals surface area contributed by atoms with Crippen LogP contribution in [-0.2, 0) is 4.79 Å². The molecule has 0 aliphatic heterocycles. The third-order valence-electron chi connectivity index (χ3n) is 4.99. The summed E-state index contributed by atoms with van der Waals surface area (Å²) in [5, 5.41) is 13.4. The number of aryl methyl sites for hydroxylation is 1. The van der Waals surface area contributed by atoms with Crippen LogP contribution in [0, 0.1) is 18.8 Å². The average molecular weight is 457 g/mol. The lowest BCUT2D eigenvalue weighted by Crippen LogP contribution is -2.24. The smallest absolute Gasteiger partial charge is 0.235 e. The van der Waals surface area contributed by atoms with Crippen molar-refractivity contribution in [3.63, 3.8) is 0 Å². The minimum atomic E-state index is -0.261. The van der Waals surface area contributed by atoms with E-state index in [-0.39, 0.29) is 24.1 Å². The zero-order valence-electron chi connectivity index (χ0n) is 17.9. The number of halogens is 1. The van der Waals surface area contributed by atoms with Gasteiger partial charge in [-0.05, 0) is 61.0 Å². The van der Waals surface area contributed by atoms with Gasteiger partial charge in [0.2, 0.25) is 5.91 Å². The SMILES string of the molecule is Cc1cc(O)ccc1N(c1ccccc1)c1ncnc2ccc(C#CCNC(=O)CCl)cc12. The van der Waals surface area contributed by atoms with Crippen LogP contribution in [0.4, 0.5) is 17.2 Å². The zero-order chi connectivity index (χ0) is 23.2. The minimum Gasteiger partial charge on any atom is -0.508 e. The first-order valence-corrected chi connectivity index (χ1v) is 10.8. The van der Waals surface area contributed by atoms with E-state index in [0.29, 0.717) is 5.82 Å². The Kier molecular flexibility index (Phi) is 6.72. The maximum atomic E-state index is 11.3. The van der Waals surface area contributed by atoms with Crippen LogP contribution in [0.5, 0.6) is 5.75 Å². The molecule has 4 aromatic rings. The van der Waals surface area contributed by atoms with Crippen molar-refractivity contribution < 1.29 is 9.90 Å². The summed E-state index contributed by atoms with van der Waals surface area (Å²) in [7, 11) is 0. The van der Waals surface area contributed by atoms with Crippen LogP contribution in [-0.4, -0.2) is 33.4 Å². The molecule has 7 heteroatoms. The van der Waals surface area contributed by atoms with Crippen LogP contribution >= 0.6 is 11.6 Å². The number of para-hydroxylation sites is 1. The summed E-state index contributed by atoms with van der Waals surface area (Å²) >= 11 is 5.49. The lowest BCUT2D eigenvalue weighted by Gasteiger charge is -2.26.